The van der Waals surface area contributed by atoms with E-state index in [-0.39, 0.29) is 5.91 Å². The summed E-state index contributed by atoms with van der Waals surface area (Å²) < 4.78 is 2.01. The van der Waals surface area contributed by atoms with Gasteiger partial charge in [-0.25, -0.2) is 4.98 Å². The molecule has 1 aromatic rings. The smallest absolute Gasteiger partial charge is 0.222 e. The predicted molar refractivity (Wildman–Crippen MR) is 57.2 cm³/mol. The first-order valence-electron chi connectivity index (χ1n) is 5.49. The number of aryl methyl sites for hydroxylation is 1. The molecule has 0 spiro atoms. The molecule has 4 nitrogen and oxygen atoms in total. The number of fused-ring (bicyclic) bond motifs is 1. The molecular formula is C11H17N3O. The normalized spacial score (nSPS) is 15.2. The third-order valence-electron chi connectivity index (χ3n) is 2.92. The third kappa shape index (κ3) is 1.89. The second-order valence-corrected chi connectivity index (χ2v) is 4.06. The van der Waals surface area contributed by atoms with E-state index in [2.05, 4.69) is 4.98 Å². The zero-order valence-electron chi connectivity index (χ0n) is 9.36. The van der Waals surface area contributed by atoms with Crippen molar-refractivity contribution >= 4 is 5.91 Å². The van der Waals surface area contributed by atoms with Gasteiger partial charge in [0.15, 0.2) is 0 Å². The van der Waals surface area contributed by atoms with Crippen molar-refractivity contribution in [2.75, 3.05) is 6.54 Å². The number of amides is 1. The molecule has 0 aliphatic carbocycles. The second-order valence-electron chi connectivity index (χ2n) is 4.06. The summed E-state index contributed by atoms with van der Waals surface area (Å²) in [5.41, 5.74) is 2.34. The van der Waals surface area contributed by atoms with Crippen molar-refractivity contribution in [3.63, 3.8) is 0 Å². The molecule has 1 aliphatic rings. The van der Waals surface area contributed by atoms with Crippen molar-refractivity contribution in [2.45, 2.75) is 32.7 Å². The highest BCUT2D eigenvalue weighted by Crippen LogP contribution is 2.17. The van der Waals surface area contributed by atoms with Crippen molar-refractivity contribution in [3.8, 4) is 0 Å². The number of hydrogen-bond donors (Lipinski definition) is 0. The zero-order valence-corrected chi connectivity index (χ0v) is 9.36. The van der Waals surface area contributed by atoms with Gasteiger partial charge in [-0.2, -0.15) is 0 Å². The van der Waals surface area contributed by atoms with E-state index in [0.29, 0.717) is 6.42 Å². The Hall–Kier alpha value is -1.32. The van der Waals surface area contributed by atoms with E-state index < -0.39 is 0 Å². The minimum atomic E-state index is 0.268. The van der Waals surface area contributed by atoms with E-state index in [9.17, 15) is 4.79 Å². The summed E-state index contributed by atoms with van der Waals surface area (Å²) in [4.78, 5) is 18.0. The van der Waals surface area contributed by atoms with Crippen LogP contribution in [-0.2, 0) is 24.8 Å². The van der Waals surface area contributed by atoms with Gasteiger partial charge >= 0.3 is 0 Å². The van der Waals surface area contributed by atoms with E-state index in [0.717, 1.165) is 31.6 Å². The predicted octanol–water partition coefficient (Wildman–Crippen LogP) is 1.10. The van der Waals surface area contributed by atoms with Gasteiger partial charge in [-0.1, -0.05) is 6.92 Å². The van der Waals surface area contributed by atoms with Crippen LogP contribution in [-0.4, -0.2) is 26.9 Å². The quantitative estimate of drug-likeness (QED) is 0.728. The number of aromatic nitrogens is 2. The number of imidazole rings is 1. The van der Waals surface area contributed by atoms with Crippen LogP contribution in [0.1, 0.15) is 31.2 Å². The highest BCUT2D eigenvalue weighted by atomic mass is 16.2. The fraction of sp³-hybridized carbons (Fsp3) is 0.636. The summed E-state index contributed by atoms with van der Waals surface area (Å²) in [6, 6.07) is 0. The SMILES string of the molecule is CCCC(=O)N1CCc2ncn(C)c2C1. The molecule has 2 heterocycles. The molecule has 15 heavy (non-hydrogen) atoms. The zero-order chi connectivity index (χ0) is 10.8. The fourth-order valence-electron chi connectivity index (χ4n) is 2.00. The number of hydrogen-bond acceptors (Lipinski definition) is 2. The van der Waals surface area contributed by atoms with E-state index in [1.807, 2.05) is 29.8 Å². The lowest BCUT2D eigenvalue weighted by Gasteiger charge is -2.27. The highest BCUT2D eigenvalue weighted by Gasteiger charge is 2.22. The molecule has 0 aromatic carbocycles. The van der Waals surface area contributed by atoms with Crippen LogP contribution in [0, 0.1) is 0 Å². The monoisotopic (exact) mass is 207 g/mol. The summed E-state index contributed by atoms with van der Waals surface area (Å²) in [5.74, 6) is 0.268. The molecule has 0 N–H and O–H groups in total. The number of carbonyl (C=O) groups is 1. The Morgan fingerprint density at radius 1 is 1.60 bits per heavy atom. The van der Waals surface area contributed by atoms with Crippen LogP contribution in [0.2, 0.25) is 0 Å². The Bertz CT molecular complexity index is 370. The standard InChI is InChI=1S/C11H17N3O/c1-3-4-11(15)14-6-5-9-10(7-14)13(2)8-12-9/h8H,3-7H2,1-2H3. The average molecular weight is 207 g/mol. The van der Waals surface area contributed by atoms with Gasteiger partial charge in [-0.3, -0.25) is 4.79 Å². The molecule has 0 atom stereocenters. The first-order chi connectivity index (χ1) is 7.22. The summed E-state index contributed by atoms with van der Waals surface area (Å²) in [6.07, 6.45) is 4.31. The van der Waals surface area contributed by atoms with Crippen LogP contribution in [0.5, 0.6) is 0 Å². The van der Waals surface area contributed by atoms with E-state index >= 15 is 0 Å². The van der Waals surface area contributed by atoms with Gasteiger partial charge in [-0.05, 0) is 6.42 Å². The van der Waals surface area contributed by atoms with E-state index in [1.165, 1.54) is 5.69 Å². The van der Waals surface area contributed by atoms with E-state index in [4.69, 9.17) is 0 Å². The molecule has 0 fully saturated rings. The maximum atomic E-state index is 11.7. The molecule has 0 saturated heterocycles. The van der Waals surface area contributed by atoms with Gasteiger partial charge < -0.3 is 9.47 Å². The summed E-state index contributed by atoms with van der Waals surface area (Å²) in [5, 5.41) is 0. The maximum absolute atomic E-state index is 11.7. The largest absolute Gasteiger partial charge is 0.336 e. The first kappa shape index (κ1) is 10.2. The summed E-state index contributed by atoms with van der Waals surface area (Å²) in [7, 11) is 1.99. The Morgan fingerprint density at radius 2 is 2.40 bits per heavy atom. The van der Waals surface area contributed by atoms with Crippen LogP contribution >= 0.6 is 0 Å². The Labute approximate surface area is 89.9 Å². The van der Waals surface area contributed by atoms with E-state index in [1.54, 1.807) is 0 Å². The number of carbonyl (C=O) groups excluding carboxylic acids is 1. The van der Waals surface area contributed by atoms with Crippen molar-refractivity contribution < 1.29 is 4.79 Å². The lowest BCUT2D eigenvalue weighted by molar-refractivity contribution is -0.132. The molecule has 4 heteroatoms. The molecule has 0 saturated carbocycles. The van der Waals surface area contributed by atoms with Gasteiger partial charge in [0.1, 0.15) is 0 Å². The van der Waals surface area contributed by atoms with Gasteiger partial charge in [0.2, 0.25) is 5.91 Å². The Balaban J connectivity index is 2.11. The summed E-state index contributed by atoms with van der Waals surface area (Å²) >= 11 is 0. The fourth-order valence-corrected chi connectivity index (χ4v) is 2.00. The van der Waals surface area contributed by atoms with Crippen LogP contribution < -0.4 is 0 Å². The van der Waals surface area contributed by atoms with Crippen LogP contribution in [0.4, 0.5) is 0 Å². The minimum absolute atomic E-state index is 0.268. The van der Waals surface area contributed by atoms with Crippen LogP contribution in [0.15, 0.2) is 6.33 Å². The van der Waals surface area contributed by atoms with Gasteiger partial charge in [0.25, 0.3) is 0 Å². The average Bonchev–Trinajstić information content (AvgIpc) is 2.60. The van der Waals surface area contributed by atoms with Crippen LogP contribution in [0.3, 0.4) is 0 Å². The molecule has 1 amide bonds. The van der Waals surface area contributed by atoms with Crippen molar-refractivity contribution in [2.24, 2.45) is 7.05 Å². The molecular weight excluding hydrogens is 190 g/mol. The molecule has 0 radical (unpaired) electrons. The van der Waals surface area contributed by atoms with Gasteiger partial charge in [0.05, 0.1) is 24.3 Å². The maximum Gasteiger partial charge on any atom is 0.222 e. The highest BCUT2D eigenvalue weighted by molar-refractivity contribution is 5.76. The molecule has 0 unspecified atom stereocenters. The third-order valence-corrected chi connectivity index (χ3v) is 2.92. The minimum Gasteiger partial charge on any atom is -0.336 e. The van der Waals surface area contributed by atoms with Gasteiger partial charge in [0, 0.05) is 26.4 Å². The molecule has 2 rings (SSSR count). The molecule has 82 valence electrons. The summed E-state index contributed by atoms with van der Waals surface area (Å²) in [6.45, 7) is 3.59. The van der Waals surface area contributed by atoms with Gasteiger partial charge in [-0.15, -0.1) is 0 Å². The van der Waals surface area contributed by atoms with Crippen LogP contribution in [0.25, 0.3) is 0 Å². The second kappa shape index (κ2) is 4.04. The molecule has 0 bridgehead atoms. The Morgan fingerprint density at radius 3 is 3.13 bits per heavy atom. The molecule has 1 aliphatic heterocycles. The number of rotatable bonds is 2. The lowest BCUT2D eigenvalue weighted by Crippen LogP contribution is -2.36. The van der Waals surface area contributed by atoms with Crippen molar-refractivity contribution in [3.05, 3.63) is 17.7 Å². The topological polar surface area (TPSA) is 38.1 Å². The first-order valence-corrected chi connectivity index (χ1v) is 5.49. The van der Waals surface area contributed by atoms with Crippen molar-refractivity contribution in [1.29, 1.82) is 0 Å². The number of nitrogens with zero attached hydrogens (tertiary/aromatic N) is 3. The van der Waals surface area contributed by atoms with Crippen molar-refractivity contribution in [1.82, 2.24) is 14.5 Å². The molecule has 1 aromatic heterocycles. The Kier molecular flexibility index (Phi) is 2.75. The lowest BCUT2D eigenvalue weighted by atomic mass is 10.1.